The van der Waals surface area contributed by atoms with Gasteiger partial charge in [-0.3, -0.25) is 0 Å². The first-order valence-electron chi connectivity index (χ1n) is 10.2. The average Bonchev–Trinajstić information content (AvgIpc) is 3.18. The highest BCUT2D eigenvalue weighted by Gasteiger charge is 2.31. The molecule has 1 aliphatic rings. The van der Waals surface area contributed by atoms with E-state index in [0.29, 0.717) is 23.6 Å². The number of aromatic nitrogens is 2. The maximum absolute atomic E-state index is 13.1. The molecule has 0 aliphatic carbocycles. The molecular formula is C24H25N3O4S. The molecule has 2 aromatic heterocycles. The Bertz CT molecular complexity index is 1390. The van der Waals surface area contributed by atoms with Crippen LogP contribution < -0.4 is 4.72 Å². The van der Waals surface area contributed by atoms with Gasteiger partial charge in [-0.15, -0.1) is 0 Å². The molecule has 166 valence electrons. The Balaban J connectivity index is 1.76. The summed E-state index contributed by atoms with van der Waals surface area (Å²) in [6, 6.07) is 7.23. The largest absolute Gasteiger partial charge is 0.366 e. The Hall–Kier alpha value is -3.15. The number of rotatable bonds is 3. The molecule has 1 aromatic carbocycles. The minimum atomic E-state index is -3.98. The van der Waals surface area contributed by atoms with E-state index >= 15 is 0 Å². The van der Waals surface area contributed by atoms with E-state index in [2.05, 4.69) is 32.8 Å². The van der Waals surface area contributed by atoms with Crippen LogP contribution in [0.15, 0.2) is 33.7 Å². The minimum absolute atomic E-state index is 0.0217. The zero-order valence-electron chi connectivity index (χ0n) is 19.0. The maximum atomic E-state index is 13.1. The van der Waals surface area contributed by atoms with Crippen molar-refractivity contribution < 1.29 is 17.7 Å². The third-order valence-electron chi connectivity index (χ3n) is 5.67. The van der Waals surface area contributed by atoms with Crippen molar-refractivity contribution in [1.82, 2.24) is 10.1 Å². The van der Waals surface area contributed by atoms with Gasteiger partial charge in [0, 0.05) is 16.8 Å². The third kappa shape index (κ3) is 4.01. The van der Waals surface area contributed by atoms with Crippen molar-refractivity contribution in [1.29, 1.82) is 0 Å². The van der Waals surface area contributed by atoms with Gasteiger partial charge in [0.25, 0.3) is 10.0 Å². The molecule has 0 spiro atoms. The molecule has 4 rings (SSSR count). The number of ether oxygens (including phenoxy) is 1. The summed E-state index contributed by atoms with van der Waals surface area (Å²) in [5.41, 5.74) is 5.74. The number of pyridine rings is 1. The van der Waals surface area contributed by atoms with E-state index in [9.17, 15) is 8.42 Å². The zero-order valence-corrected chi connectivity index (χ0v) is 19.8. The molecule has 0 saturated heterocycles. The topological polar surface area (TPSA) is 94.3 Å². The second kappa shape index (κ2) is 7.76. The number of hydrogen-bond acceptors (Lipinski definition) is 6. The van der Waals surface area contributed by atoms with E-state index < -0.39 is 10.0 Å². The molecular weight excluding hydrogens is 426 g/mol. The van der Waals surface area contributed by atoms with Gasteiger partial charge in [-0.25, -0.2) is 18.1 Å². The summed E-state index contributed by atoms with van der Waals surface area (Å²) in [5.74, 6) is 6.18. The van der Waals surface area contributed by atoms with Gasteiger partial charge in [-0.05, 0) is 82.4 Å². The first kappa shape index (κ1) is 22.1. The summed E-state index contributed by atoms with van der Waals surface area (Å²) >= 11 is 0. The van der Waals surface area contributed by atoms with Crippen LogP contribution in [0, 0.1) is 39.5 Å². The zero-order chi connectivity index (χ0) is 23.3. The van der Waals surface area contributed by atoms with Crippen molar-refractivity contribution in [2.24, 2.45) is 0 Å². The molecule has 0 amide bonds. The SMILES string of the molecule is Cc1ccc(S(=O)(=O)Nc2onc(C)c2C)c(C#Cc2cc3c(cc2C)COC3(C)C)n1. The molecule has 0 unspecified atom stereocenters. The summed E-state index contributed by atoms with van der Waals surface area (Å²) in [4.78, 5) is 4.37. The number of fused-ring (bicyclic) bond motifs is 1. The molecule has 0 saturated carbocycles. The quantitative estimate of drug-likeness (QED) is 0.598. The third-order valence-corrected chi connectivity index (χ3v) is 7.04. The van der Waals surface area contributed by atoms with Gasteiger partial charge < -0.3 is 9.26 Å². The second-order valence-electron chi connectivity index (χ2n) is 8.50. The summed E-state index contributed by atoms with van der Waals surface area (Å²) in [7, 11) is -3.98. The normalized spacial score (nSPS) is 14.6. The summed E-state index contributed by atoms with van der Waals surface area (Å²) in [6.07, 6.45) is 0. The van der Waals surface area contributed by atoms with Crippen molar-refractivity contribution in [2.75, 3.05) is 4.72 Å². The van der Waals surface area contributed by atoms with E-state index in [4.69, 9.17) is 9.26 Å². The maximum Gasteiger partial charge on any atom is 0.267 e. The summed E-state index contributed by atoms with van der Waals surface area (Å²) < 4.78 is 39.6. The fraction of sp³-hybridized carbons (Fsp3) is 0.333. The van der Waals surface area contributed by atoms with Crippen LogP contribution in [0.1, 0.15) is 58.7 Å². The number of nitrogens with zero attached hydrogens (tertiary/aromatic N) is 2. The van der Waals surface area contributed by atoms with Gasteiger partial charge >= 0.3 is 0 Å². The number of benzene rings is 1. The first-order valence-corrected chi connectivity index (χ1v) is 11.7. The Kier molecular flexibility index (Phi) is 5.35. The van der Waals surface area contributed by atoms with Gasteiger partial charge in [0.2, 0.25) is 5.88 Å². The highest BCUT2D eigenvalue weighted by molar-refractivity contribution is 7.92. The number of aryl methyl sites for hydroxylation is 3. The van der Waals surface area contributed by atoms with Gasteiger partial charge in [-0.1, -0.05) is 17.1 Å². The molecule has 1 aliphatic heterocycles. The molecule has 8 heteroatoms. The van der Waals surface area contributed by atoms with Crippen LogP contribution in [-0.2, 0) is 27.0 Å². The lowest BCUT2D eigenvalue weighted by Gasteiger charge is -2.18. The summed E-state index contributed by atoms with van der Waals surface area (Å²) in [6.45, 7) is 11.9. The van der Waals surface area contributed by atoms with E-state index in [1.165, 1.54) is 6.07 Å². The van der Waals surface area contributed by atoms with Gasteiger partial charge in [-0.2, -0.15) is 0 Å². The molecule has 0 radical (unpaired) electrons. The molecule has 7 nitrogen and oxygen atoms in total. The second-order valence-corrected chi connectivity index (χ2v) is 10.2. The Morgan fingerprint density at radius 2 is 1.84 bits per heavy atom. The average molecular weight is 452 g/mol. The molecule has 32 heavy (non-hydrogen) atoms. The number of hydrogen-bond donors (Lipinski definition) is 1. The van der Waals surface area contributed by atoms with E-state index in [1.807, 2.05) is 26.8 Å². The van der Waals surface area contributed by atoms with E-state index in [0.717, 1.165) is 22.3 Å². The standard InChI is InChI=1S/C24H25N3O4S/c1-14-11-19-13-30-24(5,6)20(19)12-18(14)8-9-21-22(10-7-15(2)25-21)32(28,29)27-23-16(3)17(4)26-31-23/h7,10-12,27H,13H2,1-6H3. The highest BCUT2D eigenvalue weighted by atomic mass is 32.2. The molecule has 0 bridgehead atoms. The number of anilines is 1. The fourth-order valence-electron chi connectivity index (χ4n) is 3.58. The van der Waals surface area contributed by atoms with Crippen molar-refractivity contribution in [3.05, 3.63) is 69.2 Å². The molecule has 3 heterocycles. The van der Waals surface area contributed by atoms with Gasteiger partial charge in [0.15, 0.2) is 0 Å². The van der Waals surface area contributed by atoms with Crippen molar-refractivity contribution in [3.63, 3.8) is 0 Å². The first-order chi connectivity index (χ1) is 15.0. The van der Waals surface area contributed by atoms with Crippen LogP contribution in [0.4, 0.5) is 5.88 Å². The number of nitrogens with one attached hydrogen (secondary N) is 1. The Morgan fingerprint density at radius 1 is 1.09 bits per heavy atom. The van der Waals surface area contributed by atoms with Gasteiger partial charge in [0.05, 0.1) is 17.9 Å². The van der Waals surface area contributed by atoms with Crippen LogP contribution in [0.3, 0.4) is 0 Å². The predicted molar refractivity (Wildman–Crippen MR) is 121 cm³/mol. The van der Waals surface area contributed by atoms with Crippen molar-refractivity contribution in [3.8, 4) is 11.8 Å². The van der Waals surface area contributed by atoms with Crippen LogP contribution >= 0.6 is 0 Å². The minimum Gasteiger partial charge on any atom is -0.366 e. The lowest BCUT2D eigenvalue weighted by atomic mass is 9.92. The number of sulfonamides is 1. The van der Waals surface area contributed by atoms with E-state index in [1.54, 1.807) is 26.8 Å². The predicted octanol–water partition coefficient (Wildman–Crippen LogP) is 4.27. The van der Waals surface area contributed by atoms with Crippen LogP contribution in [-0.4, -0.2) is 18.6 Å². The van der Waals surface area contributed by atoms with Crippen LogP contribution in [0.2, 0.25) is 0 Å². The Labute approximate surface area is 188 Å². The van der Waals surface area contributed by atoms with Crippen LogP contribution in [0.25, 0.3) is 0 Å². The van der Waals surface area contributed by atoms with Crippen molar-refractivity contribution in [2.45, 2.75) is 58.6 Å². The lowest BCUT2D eigenvalue weighted by Crippen LogP contribution is -2.15. The van der Waals surface area contributed by atoms with Gasteiger partial charge in [0.1, 0.15) is 10.6 Å². The molecule has 0 atom stereocenters. The molecule has 3 aromatic rings. The fourth-order valence-corrected chi connectivity index (χ4v) is 4.73. The smallest absolute Gasteiger partial charge is 0.267 e. The highest BCUT2D eigenvalue weighted by Crippen LogP contribution is 2.37. The lowest BCUT2D eigenvalue weighted by molar-refractivity contribution is -0.00790. The van der Waals surface area contributed by atoms with Crippen LogP contribution in [0.5, 0.6) is 0 Å². The molecule has 0 fully saturated rings. The molecule has 1 N–H and O–H groups in total. The summed E-state index contributed by atoms with van der Waals surface area (Å²) in [5, 5.41) is 3.80. The Morgan fingerprint density at radius 3 is 2.53 bits per heavy atom. The van der Waals surface area contributed by atoms with Crippen molar-refractivity contribution >= 4 is 15.9 Å². The van der Waals surface area contributed by atoms with E-state index in [-0.39, 0.29) is 22.1 Å². The monoisotopic (exact) mass is 451 g/mol.